The van der Waals surface area contributed by atoms with E-state index in [-0.39, 0.29) is 27.8 Å². The molecule has 4 N–H and O–H groups in total. The van der Waals surface area contributed by atoms with E-state index in [4.69, 9.17) is 37.8 Å². The first-order valence-corrected chi connectivity index (χ1v) is 13.2. The van der Waals surface area contributed by atoms with Gasteiger partial charge in [-0.1, -0.05) is 71.3 Å². The van der Waals surface area contributed by atoms with Crippen molar-refractivity contribution in [1.82, 2.24) is 5.32 Å². The minimum absolute atomic E-state index is 0.122. The van der Waals surface area contributed by atoms with Crippen molar-refractivity contribution in [1.29, 1.82) is 0 Å². The van der Waals surface area contributed by atoms with Crippen LogP contribution in [0.2, 0.25) is 5.02 Å². The SMILES string of the molecule is C=C(OC12CC3=CC=CC=C(C1)C32)\C(Cl)=C/N=C(/C=C/C)Nc1cc(Cl)c(C(=O)NCC(O)CO)cc1OC. The van der Waals surface area contributed by atoms with E-state index in [9.17, 15) is 9.90 Å². The van der Waals surface area contributed by atoms with E-state index in [0.29, 0.717) is 28.9 Å². The number of nitrogens with zero attached hydrogens (tertiary/aromatic N) is 1. The third kappa shape index (κ3) is 6.15. The number of nitrogens with one attached hydrogen (secondary N) is 2. The van der Waals surface area contributed by atoms with Crippen molar-refractivity contribution < 1.29 is 24.5 Å². The predicted octanol–water partition coefficient (Wildman–Crippen LogP) is 5.01. The van der Waals surface area contributed by atoms with Crippen LogP contribution in [-0.2, 0) is 4.74 Å². The third-order valence-corrected chi connectivity index (χ3v) is 7.37. The minimum Gasteiger partial charge on any atom is -0.495 e. The van der Waals surface area contributed by atoms with Gasteiger partial charge in [0.05, 0.1) is 42.3 Å². The molecule has 4 rings (SSSR count). The molecule has 1 atom stereocenters. The number of methoxy groups -OCH3 is 1. The number of rotatable bonds is 11. The molecule has 2 saturated carbocycles. The number of carbonyl (C=O) groups excluding carboxylic acids is 1. The Kier molecular flexibility index (Phi) is 9.02. The van der Waals surface area contributed by atoms with E-state index in [1.807, 2.05) is 6.92 Å². The summed E-state index contributed by atoms with van der Waals surface area (Å²) in [6, 6.07) is 3.01. The van der Waals surface area contributed by atoms with Crippen molar-refractivity contribution in [2.24, 2.45) is 10.9 Å². The van der Waals surface area contributed by atoms with E-state index in [0.717, 1.165) is 12.8 Å². The highest BCUT2D eigenvalue weighted by Crippen LogP contribution is 2.64. The summed E-state index contributed by atoms with van der Waals surface area (Å²) in [5.74, 6) is 0.900. The number of halogens is 2. The van der Waals surface area contributed by atoms with Crippen molar-refractivity contribution >= 4 is 40.6 Å². The Morgan fingerprint density at radius 3 is 2.62 bits per heavy atom. The first kappa shape index (κ1) is 28.7. The fourth-order valence-electron chi connectivity index (χ4n) is 4.88. The van der Waals surface area contributed by atoms with Crippen LogP contribution in [0.15, 0.2) is 88.3 Å². The lowest BCUT2D eigenvalue weighted by atomic mass is 9.50. The summed E-state index contributed by atoms with van der Waals surface area (Å²) in [5.41, 5.74) is 3.07. The van der Waals surface area contributed by atoms with Crippen LogP contribution >= 0.6 is 23.2 Å². The molecule has 0 spiro atoms. The minimum atomic E-state index is -1.07. The Morgan fingerprint density at radius 2 is 2.00 bits per heavy atom. The van der Waals surface area contributed by atoms with E-state index in [1.165, 1.54) is 36.6 Å². The summed E-state index contributed by atoms with van der Waals surface area (Å²) in [7, 11) is 1.46. The molecular formula is C29H31Cl2N3O5. The highest BCUT2D eigenvalue weighted by molar-refractivity contribution is 6.34. The molecule has 1 aromatic rings. The maximum Gasteiger partial charge on any atom is 0.253 e. The quantitative estimate of drug-likeness (QED) is 0.128. The smallest absolute Gasteiger partial charge is 0.253 e. The summed E-state index contributed by atoms with van der Waals surface area (Å²) in [6.07, 6.45) is 14.0. The number of ether oxygens (including phenoxy) is 2. The molecule has 3 aliphatic carbocycles. The number of aliphatic hydroxyl groups excluding tert-OH is 2. The molecule has 0 aromatic heterocycles. The molecule has 10 heteroatoms. The zero-order valence-electron chi connectivity index (χ0n) is 21.7. The molecule has 39 heavy (non-hydrogen) atoms. The van der Waals surface area contributed by atoms with E-state index >= 15 is 0 Å². The number of benzene rings is 1. The maximum atomic E-state index is 12.5. The van der Waals surface area contributed by atoms with Gasteiger partial charge in [-0.2, -0.15) is 0 Å². The van der Waals surface area contributed by atoms with Crippen molar-refractivity contribution in [2.75, 3.05) is 25.6 Å². The standard InChI is InChI=1S/C29H31Cl2N3O5/c1-4-7-26(34-24-11-22(30)21(10-25(24)38-3)28(37)33-14-20(36)16-35)32-15-23(31)17(2)39-29-12-18-8-5-6-9-19(13-29)27(18)29/h4-11,15,20,27,35-36H,2,12-14,16H2,1,3H3,(H,32,34)(H,33,37)/b7-4+,23-15+. The zero-order valence-corrected chi connectivity index (χ0v) is 23.2. The van der Waals surface area contributed by atoms with Gasteiger partial charge in [0, 0.05) is 25.3 Å². The largest absolute Gasteiger partial charge is 0.495 e. The summed E-state index contributed by atoms with van der Waals surface area (Å²) in [4.78, 5) is 17.0. The molecule has 1 unspecified atom stereocenters. The number of aliphatic imine (C=N–C) groups is 1. The van der Waals surface area contributed by atoms with Crippen molar-refractivity contribution in [3.05, 3.63) is 93.9 Å². The summed E-state index contributed by atoms with van der Waals surface area (Å²) >= 11 is 12.9. The van der Waals surface area contributed by atoms with Crippen LogP contribution in [0.1, 0.15) is 30.1 Å². The molecule has 0 bridgehead atoms. The van der Waals surface area contributed by atoms with Gasteiger partial charge in [-0.3, -0.25) is 4.79 Å². The van der Waals surface area contributed by atoms with Crippen LogP contribution in [-0.4, -0.2) is 53.9 Å². The van der Waals surface area contributed by atoms with Crippen LogP contribution < -0.4 is 15.4 Å². The van der Waals surface area contributed by atoms with Crippen molar-refractivity contribution in [3.8, 4) is 5.75 Å². The fraction of sp³-hybridized carbons (Fsp3) is 0.310. The molecule has 0 aliphatic heterocycles. The third-order valence-electron chi connectivity index (χ3n) is 6.75. The van der Waals surface area contributed by atoms with Crippen LogP contribution in [0.5, 0.6) is 5.75 Å². The molecule has 3 aliphatic rings. The van der Waals surface area contributed by atoms with Crippen molar-refractivity contribution in [2.45, 2.75) is 31.5 Å². The molecule has 0 heterocycles. The summed E-state index contributed by atoms with van der Waals surface area (Å²) < 4.78 is 11.7. The zero-order chi connectivity index (χ0) is 28.2. The van der Waals surface area contributed by atoms with Gasteiger partial charge >= 0.3 is 0 Å². The van der Waals surface area contributed by atoms with Gasteiger partial charge in [0.25, 0.3) is 5.91 Å². The Hall–Kier alpha value is -3.30. The van der Waals surface area contributed by atoms with Gasteiger partial charge in [-0.25, -0.2) is 4.99 Å². The Labute approximate surface area is 237 Å². The van der Waals surface area contributed by atoms with Crippen LogP contribution in [0.4, 0.5) is 5.69 Å². The monoisotopic (exact) mass is 571 g/mol. The molecular weight excluding hydrogens is 541 g/mol. The highest BCUT2D eigenvalue weighted by atomic mass is 35.5. The first-order chi connectivity index (χ1) is 18.7. The number of amidine groups is 1. The second-order valence-corrected chi connectivity index (χ2v) is 10.3. The normalized spacial score (nSPS) is 22.5. The number of anilines is 1. The van der Waals surface area contributed by atoms with E-state index in [2.05, 4.69) is 46.5 Å². The Bertz CT molecular complexity index is 1320. The lowest BCUT2D eigenvalue weighted by molar-refractivity contribution is -0.102. The lowest BCUT2D eigenvalue weighted by Crippen LogP contribution is -2.60. The van der Waals surface area contributed by atoms with Crippen LogP contribution in [0, 0.1) is 5.92 Å². The van der Waals surface area contributed by atoms with Gasteiger partial charge in [-0.05, 0) is 25.1 Å². The number of allylic oxidation sites excluding steroid dienone is 6. The molecule has 2 fully saturated rings. The second kappa shape index (κ2) is 12.3. The molecule has 0 saturated heterocycles. The van der Waals surface area contributed by atoms with E-state index < -0.39 is 18.6 Å². The number of hydrogen-bond donors (Lipinski definition) is 4. The van der Waals surface area contributed by atoms with Crippen LogP contribution in [0.25, 0.3) is 0 Å². The summed E-state index contributed by atoms with van der Waals surface area (Å²) in [5, 5.41) is 24.5. The molecule has 8 nitrogen and oxygen atoms in total. The van der Waals surface area contributed by atoms with Crippen molar-refractivity contribution in [3.63, 3.8) is 0 Å². The molecule has 1 amide bonds. The van der Waals surface area contributed by atoms with Crippen LogP contribution in [0.3, 0.4) is 0 Å². The predicted molar refractivity (Wildman–Crippen MR) is 154 cm³/mol. The van der Waals surface area contributed by atoms with Gasteiger partial charge in [0.15, 0.2) is 0 Å². The highest BCUT2D eigenvalue weighted by Gasteiger charge is 2.62. The van der Waals surface area contributed by atoms with Gasteiger partial charge in [0.2, 0.25) is 0 Å². The second-order valence-electron chi connectivity index (χ2n) is 9.44. The van der Waals surface area contributed by atoms with Gasteiger partial charge in [-0.15, -0.1) is 0 Å². The lowest BCUT2D eigenvalue weighted by Gasteiger charge is -2.60. The first-order valence-electron chi connectivity index (χ1n) is 12.4. The molecule has 206 valence electrons. The number of aliphatic hydroxyl groups is 2. The Balaban J connectivity index is 1.46. The van der Waals surface area contributed by atoms with E-state index in [1.54, 1.807) is 12.2 Å². The average Bonchev–Trinajstić information content (AvgIpc) is 2.97. The van der Waals surface area contributed by atoms with Gasteiger partial charge in [0.1, 0.15) is 28.0 Å². The topological polar surface area (TPSA) is 112 Å². The number of hydrogen-bond acceptors (Lipinski definition) is 6. The average molecular weight is 572 g/mol. The maximum absolute atomic E-state index is 12.5. The molecule has 0 radical (unpaired) electrons. The number of amides is 1. The number of carbonyl (C=O) groups is 1. The fourth-order valence-corrected chi connectivity index (χ4v) is 5.22. The van der Waals surface area contributed by atoms with Gasteiger partial charge < -0.3 is 30.3 Å². The Morgan fingerprint density at radius 1 is 1.31 bits per heavy atom. The molecule has 1 aromatic carbocycles. The summed E-state index contributed by atoms with van der Waals surface area (Å²) in [6.45, 7) is 5.27.